The number of benzene rings is 1. The van der Waals surface area contributed by atoms with E-state index in [4.69, 9.17) is 14.2 Å². The molecule has 0 bridgehead atoms. The molecule has 18 heavy (non-hydrogen) atoms. The van der Waals surface area contributed by atoms with E-state index in [0.29, 0.717) is 23.3 Å². The molecule has 1 aromatic rings. The second-order valence-corrected chi connectivity index (χ2v) is 4.56. The van der Waals surface area contributed by atoms with Crippen molar-refractivity contribution in [2.24, 2.45) is 0 Å². The number of fused-ring (bicyclic) bond motifs is 1. The van der Waals surface area contributed by atoms with Crippen LogP contribution >= 0.6 is 0 Å². The molecule has 1 saturated carbocycles. The molecule has 1 unspecified atom stereocenters. The first-order chi connectivity index (χ1) is 8.72. The van der Waals surface area contributed by atoms with Gasteiger partial charge in [0.05, 0.1) is 0 Å². The Morgan fingerprint density at radius 2 is 2.17 bits per heavy atom. The number of ether oxygens (including phenoxy) is 3. The van der Waals surface area contributed by atoms with E-state index in [1.165, 1.54) is 0 Å². The summed E-state index contributed by atoms with van der Waals surface area (Å²) in [5, 5.41) is 2.91. The zero-order valence-corrected chi connectivity index (χ0v) is 10.1. The lowest BCUT2D eigenvalue weighted by Crippen LogP contribution is -2.37. The molecular weight excluding hydrogens is 234 g/mol. The van der Waals surface area contributed by atoms with Gasteiger partial charge >= 0.3 is 0 Å². The van der Waals surface area contributed by atoms with E-state index < -0.39 is 6.10 Å². The van der Waals surface area contributed by atoms with Crippen LogP contribution in [-0.2, 0) is 4.79 Å². The Morgan fingerprint density at radius 3 is 2.94 bits per heavy atom. The second-order valence-electron chi connectivity index (χ2n) is 4.56. The zero-order chi connectivity index (χ0) is 12.5. The average molecular weight is 249 g/mol. The van der Waals surface area contributed by atoms with Gasteiger partial charge in [0.15, 0.2) is 17.6 Å². The highest BCUT2D eigenvalue weighted by Crippen LogP contribution is 2.35. The van der Waals surface area contributed by atoms with Crippen LogP contribution in [0.15, 0.2) is 18.2 Å². The van der Waals surface area contributed by atoms with Gasteiger partial charge in [-0.15, -0.1) is 0 Å². The highest BCUT2D eigenvalue weighted by Gasteiger charge is 2.26. The number of amides is 1. The number of hydrogen-bond acceptors (Lipinski definition) is 4. The predicted molar refractivity (Wildman–Crippen MR) is 63.8 cm³/mol. The van der Waals surface area contributed by atoms with E-state index in [-0.39, 0.29) is 12.7 Å². The van der Waals surface area contributed by atoms with Gasteiger partial charge < -0.3 is 19.5 Å². The molecule has 3 rings (SSSR count). The van der Waals surface area contributed by atoms with Gasteiger partial charge in [0, 0.05) is 12.1 Å². The van der Waals surface area contributed by atoms with Gasteiger partial charge in [-0.3, -0.25) is 4.79 Å². The molecule has 1 amide bonds. The fourth-order valence-corrected chi connectivity index (χ4v) is 1.75. The molecule has 1 atom stereocenters. The third kappa shape index (κ3) is 2.34. The largest absolute Gasteiger partial charge is 0.481 e. The molecule has 5 nitrogen and oxygen atoms in total. The van der Waals surface area contributed by atoms with E-state index in [2.05, 4.69) is 5.32 Å². The van der Waals surface area contributed by atoms with Crippen molar-refractivity contribution in [3.8, 4) is 17.2 Å². The number of carbonyl (C=O) groups is 1. The minimum atomic E-state index is -0.508. The fraction of sp³-hybridized carbons (Fsp3) is 0.462. The van der Waals surface area contributed by atoms with E-state index >= 15 is 0 Å². The summed E-state index contributed by atoms with van der Waals surface area (Å²) in [6, 6.07) is 5.64. The van der Waals surface area contributed by atoms with E-state index in [0.717, 1.165) is 12.8 Å². The molecule has 1 heterocycles. The molecule has 0 spiro atoms. The standard InChI is InChI=1S/C13H15NO4/c1-8(13(15)14-9-2-3-9)18-10-4-5-11-12(6-10)17-7-16-11/h4-6,8-9H,2-3,7H2,1H3,(H,14,15). The minimum Gasteiger partial charge on any atom is -0.481 e. The van der Waals surface area contributed by atoms with Crippen LogP contribution in [0.1, 0.15) is 19.8 Å². The topological polar surface area (TPSA) is 56.8 Å². The molecule has 1 aromatic carbocycles. The minimum absolute atomic E-state index is 0.0739. The summed E-state index contributed by atoms with van der Waals surface area (Å²) in [5.41, 5.74) is 0. The summed E-state index contributed by atoms with van der Waals surface area (Å²) < 4.78 is 16.0. The maximum absolute atomic E-state index is 11.7. The molecule has 96 valence electrons. The summed E-state index contributed by atoms with van der Waals surface area (Å²) in [6.07, 6.45) is 1.64. The third-order valence-corrected chi connectivity index (χ3v) is 2.95. The SMILES string of the molecule is CC(Oc1ccc2c(c1)OCO2)C(=O)NC1CC1. The highest BCUT2D eigenvalue weighted by molar-refractivity contribution is 5.81. The lowest BCUT2D eigenvalue weighted by Gasteiger charge is -2.14. The zero-order valence-electron chi connectivity index (χ0n) is 10.1. The van der Waals surface area contributed by atoms with Crippen molar-refractivity contribution in [1.29, 1.82) is 0 Å². The van der Waals surface area contributed by atoms with Crippen LogP contribution in [0.2, 0.25) is 0 Å². The molecular formula is C13H15NO4. The highest BCUT2D eigenvalue weighted by atomic mass is 16.7. The number of carbonyl (C=O) groups excluding carboxylic acids is 1. The fourth-order valence-electron chi connectivity index (χ4n) is 1.75. The van der Waals surface area contributed by atoms with E-state index in [9.17, 15) is 4.79 Å². The number of nitrogens with one attached hydrogen (secondary N) is 1. The van der Waals surface area contributed by atoms with Gasteiger partial charge in [-0.1, -0.05) is 0 Å². The summed E-state index contributed by atoms with van der Waals surface area (Å²) >= 11 is 0. The lowest BCUT2D eigenvalue weighted by molar-refractivity contribution is -0.127. The Labute approximate surface area is 105 Å². The van der Waals surface area contributed by atoms with Crippen LogP contribution in [-0.4, -0.2) is 24.8 Å². The van der Waals surface area contributed by atoms with Crippen molar-refractivity contribution in [3.63, 3.8) is 0 Å². The monoisotopic (exact) mass is 249 g/mol. The molecule has 0 radical (unpaired) electrons. The van der Waals surface area contributed by atoms with Crippen LogP contribution in [0.4, 0.5) is 0 Å². The van der Waals surface area contributed by atoms with E-state index in [1.807, 2.05) is 0 Å². The quantitative estimate of drug-likeness (QED) is 0.877. The molecule has 1 aliphatic carbocycles. The van der Waals surface area contributed by atoms with E-state index in [1.54, 1.807) is 25.1 Å². The Morgan fingerprint density at radius 1 is 1.39 bits per heavy atom. The third-order valence-electron chi connectivity index (χ3n) is 2.95. The molecule has 1 aliphatic heterocycles. The van der Waals surface area contributed by atoms with Gasteiger partial charge in [0.2, 0.25) is 6.79 Å². The van der Waals surface area contributed by atoms with Gasteiger partial charge in [0.1, 0.15) is 5.75 Å². The smallest absolute Gasteiger partial charge is 0.260 e. The normalized spacial score (nSPS) is 18.3. The Balaban J connectivity index is 1.62. The van der Waals surface area contributed by atoms with Crippen molar-refractivity contribution < 1.29 is 19.0 Å². The van der Waals surface area contributed by atoms with Crippen molar-refractivity contribution in [1.82, 2.24) is 5.32 Å². The molecule has 1 fully saturated rings. The van der Waals surface area contributed by atoms with Crippen molar-refractivity contribution >= 4 is 5.91 Å². The van der Waals surface area contributed by atoms with Crippen LogP contribution in [0.5, 0.6) is 17.2 Å². The first kappa shape index (κ1) is 11.2. The maximum Gasteiger partial charge on any atom is 0.260 e. The van der Waals surface area contributed by atoms with Crippen LogP contribution in [0.25, 0.3) is 0 Å². The van der Waals surface area contributed by atoms with Gasteiger partial charge in [-0.2, -0.15) is 0 Å². The Bertz CT molecular complexity index is 470. The summed E-state index contributed by atoms with van der Waals surface area (Å²) in [4.78, 5) is 11.7. The predicted octanol–water partition coefficient (Wildman–Crippen LogP) is 1.46. The molecule has 5 heteroatoms. The Hall–Kier alpha value is -1.91. The number of hydrogen-bond donors (Lipinski definition) is 1. The maximum atomic E-state index is 11.7. The summed E-state index contributed by atoms with van der Waals surface area (Å²) in [5.74, 6) is 1.90. The van der Waals surface area contributed by atoms with Crippen molar-refractivity contribution in [3.05, 3.63) is 18.2 Å². The summed E-state index contributed by atoms with van der Waals surface area (Å²) in [6.45, 7) is 1.97. The average Bonchev–Trinajstić information content (AvgIpc) is 3.05. The second kappa shape index (κ2) is 4.40. The number of rotatable bonds is 4. The lowest BCUT2D eigenvalue weighted by atomic mass is 10.3. The van der Waals surface area contributed by atoms with Gasteiger partial charge in [-0.25, -0.2) is 0 Å². The molecule has 0 aromatic heterocycles. The molecule has 1 N–H and O–H groups in total. The first-order valence-corrected chi connectivity index (χ1v) is 6.09. The van der Waals surface area contributed by atoms with Crippen LogP contribution < -0.4 is 19.5 Å². The Kier molecular flexibility index (Phi) is 2.74. The van der Waals surface area contributed by atoms with Crippen LogP contribution in [0, 0.1) is 0 Å². The molecule has 0 saturated heterocycles. The first-order valence-electron chi connectivity index (χ1n) is 6.09. The van der Waals surface area contributed by atoms with Crippen molar-refractivity contribution in [2.45, 2.75) is 31.9 Å². The summed E-state index contributed by atoms with van der Waals surface area (Å²) in [7, 11) is 0. The van der Waals surface area contributed by atoms with Crippen molar-refractivity contribution in [2.75, 3.05) is 6.79 Å². The van der Waals surface area contributed by atoms with Gasteiger partial charge in [0.25, 0.3) is 5.91 Å². The van der Waals surface area contributed by atoms with Gasteiger partial charge in [-0.05, 0) is 31.9 Å². The van der Waals surface area contributed by atoms with Crippen LogP contribution in [0.3, 0.4) is 0 Å². The molecule has 2 aliphatic rings.